The molecule has 0 N–H and O–H groups in total. The lowest BCUT2D eigenvalue weighted by molar-refractivity contribution is -1.07. The van der Waals surface area contributed by atoms with Crippen molar-refractivity contribution in [3.8, 4) is 0 Å². The SMILES string of the molecule is CCO[Si](C[N+](C)(C)C[N+](C)(C)CC)(OCC)OCC. The smallest absolute Gasteiger partial charge is 0.370 e. The molecule has 0 saturated heterocycles. The monoisotopic (exact) mass is 308 g/mol. The Balaban J connectivity index is 5.00. The summed E-state index contributed by atoms with van der Waals surface area (Å²) in [4.78, 5) is 0. The molecule has 0 radical (unpaired) electrons. The van der Waals surface area contributed by atoms with Gasteiger partial charge in [-0.2, -0.15) is 0 Å². The number of quaternary nitrogens is 2. The molecule has 0 rings (SSSR count). The van der Waals surface area contributed by atoms with Crippen molar-refractivity contribution in [1.82, 2.24) is 0 Å². The standard InChI is InChI=1S/C14H36N2O3Si/c1-9-15(5,6)13-16(7,8)14-20(17-10-2,18-11-3)19-12-4/h9-14H2,1-8H3/q+2. The summed E-state index contributed by atoms with van der Waals surface area (Å²) in [5.74, 6) is 0. The molecule has 0 unspecified atom stereocenters. The Bertz CT molecular complexity index is 256. The molecule has 0 atom stereocenters. The van der Waals surface area contributed by atoms with Gasteiger partial charge in [0.2, 0.25) is 6.67 Å². The molecule has 0 aromatic heterocycles. The van der Waals surface area contributed by atoms with Crippen molar-refractivity contribution in [2.75, 3.05) is 67.4 Å². The van der Waals surface area contributed by atoms with Crippen LogP contribution in [-0.4, -0.2) is 85.2 Å². The van der Waals surface area contributed by atoms with Gasteiger partial charge in [-0.25, -0.2) is 0 Å². The summed E-state index contributed by atoms with van der Waals surface area (Å²) in [6, 6.07) is 0. The van der Waals surface area contributed by atoms with E-state index < -0.39 is 8.80 Å². The quantitative estimate of drug-likeness (QED) is 0.330. The van der Waals surface area contributed by atoms with Crippen LogP contribution in [0.1, 0.15) is 27.7 Å². The largest absolute Gasteiger partial charge is 0.559 e. The molecule has 6 heteroatoms. The first-order chi connectivity index (χ1) is 9.16. The Morgan fingerprint density at radius 1 is 0.700 bits per heavy atom. The zero-order chi connectivity index (χ0) is 15.9. The highest BCUT2D eigenvalue weighted by Crippen LogP contribution is 2.17. The molecule has 0 aliphatic rings. The first-order valence-corrected chi connectivity index (χ1v) is 9.65. The van der Waals surface area contributed by atoms with Crippen LogP contribution in [0, 0.1) is 0 Å². The summed E-state index contributed by atoms with van der Waals surface area (Å²) in [6.07, 6.45) is 0.810. The average Bonchev–Trinajstić information content (AvgIpc) is 2.27. The zero-order valence-corrected chi connectivity index (χ0v) is 15.9. The predicted molar refractivity (Wildman–Crippen MR) is 85.1 cm³/mol. The van der Waals surface area contributed by atoms with Crippen molar-refractivity contribution >= 4 is 8.80 Å². The van der Waals surface area contributed by atoms with E-state index in [1.165, 1.54) is 0 Å². The second-order valence-corrected chi connectivity index (χ2v) is 9.02. The molecule has 122 valence electrons. The fraction of sp³-hybridized carbons (Fsp3) is 1.00. The molecular formula is C14H36N2O3Si+2. The third-order valence-electron chi connectivity index (χ3n) is 3.34. The number of rotatable bonds is 11. The predicted octanol–water partition coefficient (Wildman–Crippen LogP) is 1.70. The van der Waals surface area contributed by atoms with Gasteiger partial charge in [0.25, 0.3) is 0 Å². The van der Waals surface area contributed by atoms with Crippen molar-refractivity contribution < 1.29 is 22.2 Å². The van der Waals surface area contributed by atoms with Crippen molar-refractivity contribution in [3.63, 3.8) is 0 Å². The lowest BCUT2D eigenvalue weighted by atomic mass is 10.5. The molecule has 0 aromatic rings. The fourth-order valence-electron chi connectivity index (χ4n) is 2.63. The maximum atomic E-state index is 5.97. The highest BCUT2D eigenvalue weighted by molar-refractivity contribution is 6.60. The highest BCUT2D eigenvalue weighted by atomic mass is 28.4. The normalized spacial score (nSPS) is 13.8. The minimum Gasteiger partial charge on any atom is -0.370 e. The second kappa shape index (κ2) is 8.46. The van der Waals surface area contributed by atoms with Gasteiger partial charge in [-0.3, -0.25) is 8.97 Å². The maximum absolute atomic E-state index is 5.97. The minimum absolute atomic E-state index is 0.637. The van der Waals surface area contributed by atoms with Crippen molar-refractivity contribution in [1.29, 1.82) is 0 Å². The molecule has 0 heterocycles. The van der Waals surface area contributed by atoms with Crippen LogP contribution in [0.4, 0.5) is 0 Å². The van der Waals surface area contributed by atoms with Crippen molar-refractivity contribution in [3.05, 3.63) is 0 Å². The van der Waals surface area contributed by atoms with Crippen LogP contribution in [0.3, 0.4) is 0 Å². The summed E-state index contributed by atoms with van der Waals surface area (Å²) >= 11 is 0. The topological polar surface area (TPSA) is 27.7 Å². The van der Waals surface area contributed by atoms with Crippen LogP contribution in [0.2, 0.25) is 0 Å². The summed E-state index contributed by atoms with van der Waals surface area (Å²) < 4.78 is 19.7. The maximum Gasteiger partial charge on any atom is 0.559 e. The Hall–Kier alpha value is 0.0169. The summed E-state index contributed by atoms with van der Waals surface area (Å²) in [7, 11) is 6.39. The van der Waals surface area contributed by atoms with Gasteiger partial charge in [0.1, 0.15) is 0 Å². The molecular weight excluding hydrogens is 272 g/mol. The van der Waals surface area contributed by atoms with Crippen molar-refractivity contribution in [2.24, 2.45) is 0 Å². The van der Waals surface area contributed by atoms with Crippen LogP contribution in [0.25, 0.3) is 0 Å². The summed E-state index contributed by atoms with van der Waals surface area (Å²) in [5, 5.41) is 0. The van der Waals surface area contributed by atoms with Crippen LogP contribution >= 0.6 is 0 Å². The Morgan fingerprint density at radius 3 is 1.40 bits per heavy atom. The Kier molecular flexibility index (Phi) is 8.46. The molecule has 0 spiro atoms. The van der Waals surface area contributed by atoms with Gasteiger partial charge < -0.3 is 13.3 Å². The van der Waals surface area contributed by atoms with E-state index in [2.05, 4.69) is 35.1 Å². The highest BCUT2D eigenvalue weighted by Gasteiger charge is 2.49. The first kappa shape index (κ1) is 20.0. The van der Waals surface area contributed by atoms with Crippen LogP contribution in [-0.2, 0) is 13.3 Å². The molecule has 0 fully saturated rings. The van der Waals surface area contributed by atoms with E-state index in [0.29, 0.717) is 19.8 Å². The van der Waals surface area contributed by atoms with E-state index in [1.54, 1.807) is 0 Å². The number of hydrogen-bond acceptors (Lipinski definition) is 3. The Morgan fingerprint density at radius 2 is 1.10 bits per heavy atom. The van der Waals surface area contributed by atoms with Crippen LogP contribution in [0.15, 0.2) is 0 Å². The van der Waals surface area contributed by atoms with Gasteiger partial charge in [-0.15, -0.1) is 0 Å². The molecule has 20 heavy (non-hydrogen) atoms. The second-order valence-electron chi connectivity index (χ2n) is 6.47. The lowest BCUT2D eigenvalue weighted by Gasteiger charge is -2.41. The van der Waals surface area contributed by atoms with Gasteiger partial charge in [-0.05, 0) is 27.7 Å². The molecule has 0 saturated carbocycles. The van der Waals surface area contributed by atoms with E-state index in [-0.39, 0.29) is 0 Å². The molecule has 0 aromatic carbocycles. The van der Waals surface area contributed by atoms with E-state index >= 15 is 0 Å². The van der Waals surface area contributed by atoms with E-state index in [4.69, 9.17) is 13.3 Å². The number of hydrogen-bond donors (Lipinski definition) is 0. The van der Waals surface area contributed by atoms with Crippen LogP contribution in [0.5, 0.6) is 0 Å². The van der Waals surface area contributed by atoms with Gasteiger partial charge in [0, 0.05) is 19.8 Å². The van der Waals surface area contributed by atoms with E-state index in [1.807, 2.05) is 20.8 Å². The summed E-state index contributed by atoms with van der Waals surface area (Å²) in [6.45, 7) is 12.3. The van der Waals surface area contributed by atoms with E-state index in [0.717, 1.165) is 28.3 Å². The number of nitrogens with zero attached hydrogens (tertiary/aromatic N) is 2. The minimum atomic E-state index is -2.58. The fourth-order valence-corrected chi connectivity index (χ4v) is 5.62. The third kappa shape index (κ3) is 7.15. The van der Waals surface area contributed by atoms with Gasteiger partial charge in [-0.1, -0.05) is 0 Å². The summed E-state index contributed by atoms with van der Waals surface area (Å²) in [5.41, 5.74) is 0. The first-order valence-electron chi connectivity index (χ1n) is 7.71. The lowest BCUT2D eigenvalue weighted by Crippen LogP contribution is -2.65. The molecule has 0 amide bonds. The Labute approximate surface area is 127 Å². The van der Waals surface area contributed by atoms with E-state index in [9.17, 15) is 0 Å². The zero-order valence-electron chi connectivity index (χ0n) is 14.9. The average molecular weight is 309 g/mol. The molecule has 0 bridgehead atoms. The third-order valence-corrected chi connectivity index (χ3v) is 6.77. The molecule has 0 aliphatic carbocycles. The van der Waals surface area contributed by atoms with Gasteiger partial charge in [0.05, 0.1) is 34.7 Å². The molecule has 0 aliphatic heterocycles. The molecule has 5 nitrogen and oxygen atoms in total. The van der Waals surface area contributed by atoms with Crippen LogP contribution < -0.4 is 0 Å². The van der Waals surface area contributed by atoms with Gasteiger partial charge >= 0.3 is 8.80 Å². The van der Waals surface area contributed by atoms with Crippen molar-refractivity contribution in [2.45, 2.75) is 27.7 Å². The van der Waals surface area contributed by atoms with Gasteiger partial charge in [0.15, 0.2) is 6.17 Å².